The summed E-state index contributed by atoms with van der Waals surface area (Å²) in [5, 5.41) is 36.9. The maximum atomic E-state index is 10.8. The summed E-state index contributed by atoms with van der Waals surface area (Å²) in [5.74, 6) is -3.74. The van der Waals surface area contributed by atoms with Crippen LogP contribution in [0.25, 0.3) is 0 Å². The molecule has 0 aromatic rings. The lowest BCUT2D eigenvalue weighted by Crippen LogP contribution is -2.48. The first-order chi connectivity index (χ1) is 7.08. The highest BCUT2D eigenvalue weighted by Crippen LogP contribution is 2.28. The standard InChI is InChI=1S/C10H18O6/c1-4-10(16,8(13)14)5-6(2)9(3,15)7(11)12/h6,15-16H,4-5H2,1-3H3,(H,11,12)(H,13,14)/t6-,9+,10+/m1/s1. The third kappa shape index (κ3) is 2.93. The smallest absolute Gasteiger partial charge is 0.335 e. The molecule has 0 aliphatic carbocycles. The number of carbonyl (C=O) groups is 2. The van der Waals surface area contributed by atoms with Crippen molar-refractivity contribution in [3.63, 3.8) is 0 Å². The second-order valence-electron chi connectivity index (χ2n) is 4.25. The van der Waals surface area contributed by atoms with Gasteiger partial charge in [-0.05, 0) is 25.7 Å². The Morgan fingerprint density at radius 3 is 1.88 bits per heavy atom. The van der Waals surface area contributed by atoms with Gasteiger partial charge in [0.15, 0.2) is 11.2 Å². The molecule has 4 N–H and O–H groups in total. The first kappa shape index (κ1) is 14.9. The van der Waals surface area contributed by atoms with Gasteiger partial charge in [0.25, 0.3) is 0 Å². The van der Waals surface area contributed by atoms with Gasteiger partial charge < -0.3 is 20.4 Å². The predicted molar refractivity (Wildman–Crippen MR) is 54.9 cm³/mol. The molecule has 0 saturated heterocycles. The largest absolute Gasteiger partial charge is 0.479 e. The second kappa shape index (κ2) is 4.80. The molecule has 3 atom stereocenters. The molecule has 6 nitrogen and oxygen atoms in total. The van der Waals surface area contributed by atoms with Gasteiger partial charge in [-0.1, -0.05) is 13.8 Å². The summed E-state index contributed by atoms with van der Waals surface area (Å²) < 4.78 is 0. The van der Waals surface area contributed by atoms with E-state index in [0.29, 0.717) is 0 Å². The Balaban J connectivity index is 4.85. The summed E-state index contributed by atoms with van der Waals surface area (Å²) in [4.78, 5) is 21.5. The Morgan fingerprint density at radius 1 is 1.19 bits per heavy atom. The number of carboxylic acids is 2. The van der Waals surface area contributed by atoms with Gasteiger partial charge >= 0.3 is 11.9 Å². The van der Waals surface area contributed by atoms with Crippen LogP contribution in [0.2, 0.25) is 0 Å². The van der Waals surface area contributed by atoms with Crippen molar-refractivity contribution in [2.75, 3.05) is 0 Å². The maximum absolute atomic E-state index is 10.8. The Kier molecular flexibility index (Phi) is 4.45. The minimum absolute atomic E-state index is 0.0532. The van der Waals surface area contributed by atoms with Crippen LogP contribution in [0.5, 0.6) is 0 Å². The molecular formula is C10H18O6. The fraction of sp³-hybridized carbons (Fsp3) is 0.800. The molecule has 0 spiro atoms. The fourth-order valence-corrected chi connectivity index (χ4v) is 1.30. The Hall–Kier alpha value is -1.14. The molecule has 0 unspecified atom stereocenters. The highest BCUT2D eigenvalue weighted by molar-refractivity contribution is 5.79. The van der Waals surface area contributed by atoms with Crippen LogP contribution in [-0.2, 0) is 9.59 Å². The highest BCUT2D eigenvalue weighted by Gasteiger charge is 2.44. The van der Waals surface area contributed by atoms with Crippen molar-refractivity contribution >= 4 is 11.9 Å². The average Bonchev–Trinajstić information content (AvgIpc) is 2.16. The lowest BCUT2D eigenvalue weighted by atomic mass is 9.80. The van der Waals surface area contributed by atoms with E-state index in [1.807, 2.05) is 0 Å². The van der Waals surface area contributed by atoms with E-state index in [1.54, 1.807) is 0 Å². The molecule has 0 aromatic carbocycles. The Labute approximate surface area is 93.5 Å². The van der Waals surface area contributed by atoms with Crippen LogP contribution >= 0.6 is 0 Å². The first-order valence-electron chi connectivity index (χ1n) is 4.99. The Bertz CT molecular complexity index is 285. The molecular weight excluding hydrogens is 216 g/mol. The lowest BCUT2D eigenvalue weighted by Gasteiger charge is -2.31. The molecule has 0 aliphatic heterocycles. The molecule has 0 aromatic heterocycles. The topological polar surface area (TPSA) is 115 Å². The molecule has 0 aliphatic rings. The van der Waals surface area contributed by atoms with Crippen LogP contribution in [0, 0.1) is 5.92 Å². The van der Waals surface area contributed by atoms with Crippen LogP contribution < -0.4 is 0 Å². The van der Waals surface area contributed by atoms with Gasteiger partial charge in [-0.3, -0.25) is 0 Å². The zero-order chi connectivity index (χ0) is 13.1. The third-order valence-electron chi connectivity index (χ3n) is 3.02. The van der Waals surface area contributed by atoms with Crippen molar-refractivity contribution in [2.24, 2.45) is 5.92 Å². The summed E-state index contributed by atoms with van der Waals surface area (Å²) >= 11 is 0. The van der Waals surface area contributed by atoms with Gasteiger partial charge in [0.1, 0.15) is 0 Å². The quantitative estimate of drug-likeness (QED) is 0.517. The van der Waals surface area contributed by atoms with Gasteiger partial charge in [0.05, 0.1) is 0 Å². The van der Waals surface area contributed by atoms with Gasteiger partial charge in [-0.2, -0.15) is 0 Å². The minimum atomic E-state index is -2.06. The molecule has 0 rings (SSSR count). The average molecular weight is 234 g/mol. The van der Waals surface area contributed by atoms with E-state index in [-0.39, 0.29) is 12.8 Å². The van der Waals surface area contributed by atoms with Crippen molar-refractivity contribution in [1.82, 2.24) is 0 Å². The van der Waals surface area contributed by atoms with Gasteiger partial charge in [0, 0.05) is 0 Å². The maximum Gasteiger partial charge on any atom is 0.335 e. The van der Waals surface area contributed by atoms with Crippen LogP contribution in [0.1, 0.15) is 33.6 Å². The molecule has 94 valence electrons. The monoisotopic (exact) mass is 234 g/mol. The molecule has 0 fully saturated rings. The SMILES string of the molecule is CC[C@](O)(C[C@@H](C)[C@](C)(O)C(=O)O)C(=O)O. The van der Waals surface area contributed by atoms with E-state index < -0.39 is 29.1 Å². The normalized spacial score (nSPS) is 20.6. The molecule has 16 heavy (non-hydrogen) atoms. The second-order valence-corrected chi connectivity index (χ2v) is 4.25. The highest BCUT2D eigenvalue weighted by atomic mass is 16.4. The number of rotatable bonds is 6. The minimum Gasteiger partial charge on any atom is -0.479 e. The summed E-state index contributed by atoms with van der Waals surface area (Å²) in [7, 11) is 0. The van der Waals surface area contributed by atoms with E-state index in [4.69, 9.17) is 10.2 Å². The third-order valence-corrected chi connectivity index (χ3v) is 3.02. The molecule has 6 heteroatoms. The zero-order valence-corrected chi connectivity index (χ0v) is 9.60. The number of aliphatic hydroxyl groups is 2. The number of aliphatic carboxylic acids is 2. The van der Waals surface area contributed by atoms with Gasteiger partial charge in [0.2, 0.25) is 0 Å². The van der Waals surface area contributed by atoms with E-state index in [0.717, 1.165) is 6.92 Å². The summed E-state index contributed by atoms with van der Waals surface area (Å²) in [6, 6.07) is 0. The van der Waals surface area contributed by atoms with Crippen LogP contribution in [0.15, 0.2) is 0 Å². The van der Waals surface area contributed by atoms with E-state index in [2.05, 4.69) is 0 Å². The predicted octanol–water partition coefficient (Wildman–Crippen LogP) is 0.0739. The number of carboxylic acid groups (broad SMARTS) is 2. The Morgan fingerprint density at radius 2 is 1.62 bits per heavy atom. The van der Waals surface area contributed by atoms with Crippen molar-refractivity contribution in [3.8, 4) is 0 Å². The zero-order valence-electron chi connectivity index (χ0n) is 9.60. The van der Waals surface area contributed by atoms with Gasteiger partial charge in [-0.25, -0.2) is 9.59 Å². The van der Waals surface area contributed by atoms with Crippen molar-refractivity contribution in [1.29, 1.82) is 0 Å². The van der Waals surface area contributed by atoms with Crippen LogP contribution in [0.3, 0.4) is 0 Å². The number of hydrogen-bond acceptors (Lipinski definition) is 4. The van der Waals surface area contributed by atoms with Gasteiger partial charge in [-0.15, -0.1) is 0 Å². The molecule has 0 radical (unpaired) electrons. The fourth-order valence-electron chi connectivity index (χ4n) is 1.30. The van der Waals surface area contributed by atoms with Crippen molar-refractivity contribution in [2.45, 2.75) is 44.8 Å². The van der Waals surface area contributed by atoms with Crippen molar-refractivity contribution < 1.29 is 30.0 Å². The van der Waals surface area contributed by atoms with E-state index >= 15 is 0 Å². The summed E-state index contributed by atoms with van der Waals surface area (Å²) in [6.07, 6.45) is -0.374. The number of hydrogen-bond donors (Lipinski definition) is 4. The lowest BCUT2D eigenvalue weighted by molar-refractivity contribution is -0.171. The summed E-state index contributed by atoms with van der Waals surface area (Å²) in [5.41, 5.74) is -4.06. The molecule has 0 bridgehead atoms. The molecule has 0 saturated carbocycles. The molecule has 0 heterocycles. The van der Waals surface area contributed by atoms with Crippen LogP contribution in [0.4, 0.5) is 0 Å². The van der Waals surface area contributed by atoms with Crippen LogP contribution in [-0.4, -0.2) is 43.6 Å². The molecule has 0 amide bonds. The van der Waals surface area contributed by atoms with Crippen molar-refractivity contribution in [3.05, 3.63) is 0 Å². The first-order valence-corrected chi connectivity index (χ1v) is 4.99. The van der Waals surface area contributed by atoms with E-state index in [9.17, 15) is 19.8 Å². The van der Waals surface area contributed by atoms with E-state index in [1.165, 1.54) is 13.8 Å². The summed E-state index contributed by atoms with van der Waals surface area (Å²) in [6.45, 7) is 3.95.